The lowest BCUT2D eigenvalue weighted by molar-refractivity contribution is 0.204. The molecule has 1 N–H and O–H groups in total. The molecular weight excluding hydrogens is 332 g/mol. The smallest absolute Gasteiger partial charge is 0.0610 e. The zero-order chi connectivity index (χ0) is 18.8. The van der Waals surface area contributed by atoms with Gasteiger partial charge in [-0.05, 0) is 74.0 Å². The molecule has 2 heterocycles. The Morgan fingerprint density at radius 1 is 0.963 bits per heavy atom. The van der Waals surface area contributed by atoms with Gasteiger partial charge in [-0.3, -0.25) is 4.90 Å². The van der Waals surface area contributed by atoms with E-state index in [9.17, 15) is 5.11 Å². The predicted molar refractivity (Wildman–Crippen MR) is 112 cm³/mol. The number of aromatic nitrogens is 1. The summed E-state index contributed by atoms with van der Waals surface area (Å²) in [5.41, 5.74) is 7.08. The molecule has 0 atom stereocenters. The second-order valence-electron chi connectivity index (χ2n) is 7.94. The van der Waals surface area contributed by atoms with Crippen LogP contribution in [0.15, 0.2) is 48.7 Å². The Morgan fingerprint density at radius 2 is 1.67 bits per heavy atom. The van der Waals surface area contributed by atoms with Gasteiger partial charge in [-0.25, -0.2) is 0 Å². The normalized spacial score (nSPS) is 16.3. The first-order valence-electron chi connectivity index (χ1n) is 10.1. The highest BCUT2D eigenvalue weighted by atomic mass is 16.3. The Balaban J connectivity index is 1.48. The van der Waals surface area contributed by atoms with Gasteiger partial charge in [-0.2, -0.15) is 0 Å². The summed E-state index contributed by atoms with van der Waals surface area (Å²) >= 11 is 0. The van der Waals surface area contributed by atoms with Gasteiger partial charge < -0.3 is 9.67 Å². The molecular formula is C24H30N2O. The summed E-state index contributed by atoms with van der Waals surface area (Å²) in [7, 11) is 0. The Hall–Kier alpha value is -2.10. The third-order valence-electron chi connectivity index (χ3n) is 6.14. The second kappa shape index (κ2) is 7.87. The van der Waals surface area contributed by atoms with E-state index in [0.29, 0.717) is 12.5 Å². The molecule has 1 saturated heterocycles. The molecule has 0 unspecified atom stereocenters. The van der Waals surface area contributed by atoms with Crippen LogP contribution in [0, 0.1) is 13.8 Å². The second-order valence-corrected chi connectivity index (χ2v) is 7.94. The number of piperidine rings is 1. The topological polar surface area (TPSA) is 28.4 Å². The lowest BCUT2D eigenvalue weighted by Crippen LogP contribution is -2.32. The van der Waals surface area contributed by atoms with Crippen molar-refractivity contribution < 1.29 is 5.11 Å². The maximum absolute atomic E-state index is 9.36. The van der Waals surface area contributed by atoms with Crippen molar-refractivity contribution in [1.82, 2.24) is 9.47 Å². The molecule has 0 aliphatic carbocycles. The number of aryl methyl sites for hydroxylation is 2. The van der Waals surface area contributed by atoms with Gasteiger partial charge >= 0.3 is 0 Å². The average Bonchev–Trinajstić information content (AvgIpc) is 3.01. The van der Waals surface area contributed by atoms with Gasteiger partial charge in [0.25, 0.3) is 0 Å². The molecule has 0 radical (unpaired) electrons. The Bertz CT molecular complexity index is 899. The molecule has 142 valence electrons. The molecule has 0 saturated carbocycles. The monoisotopic (exact) mass is 362 g/mol. The number of benzene rings is 2. The third-order valence-corrected chi connectivity index (χ3v) is 6.14. The molecule has 0 spiro atoms. The number of fused-ring (bicyclic) bond motifs is 1. The first-order valence-corrected chi connectivity index (χ1v) is 10.1. The standard InChI is InChI=1S/C24H30N2O/c1-18-6-5-7-19(2)24(18)20-10-12-25(13-11-20)16-21-17-26(14-15-27)23-9-4-3-8-22(21)23/h3-9,17,20,27H,10-16H2,1-2H3. The SMILES string of the molecule is Cc1cccc(C)c1C1CCN(Cc2cn(CCO)c3ccccc23)CC1. The van der Waals surface area contributed by atoms with E-state index in [0.717, 1.165) is 19.6 Å². The summed E-state index contributed by atoms with van der Waals surface area (Å²) in [6, 6.07) is 15.2. The molecule has 3 aromatic rings. The highest BCUT2D eigenvalue weighted by Crippen LogP contribution is 2.33. The number of aliphatic hydroxyl groups excluding tert-OH is 1. The summed E-state index contributed by atoms with van der Waals surface area (Å²) < 4.78 is 2.19. The molecule has 1 aromatic heterocycles. The van der Waals surface area contributed by atoms with Crippen LogP contribution in [0.4, 0.5) is 0 Å². The van der Waals surface area contributed by atoms with Crippen LogP contribution in [-0.2, 0) is 13.1 Å². The molecule has 1 aliphatic rings. The van der Waals surface area contributed by atoms with Crippen LogP contribution in [0.5, 0.6) is 0 Å². The van der Waals surface area contributed by atoms with E-state index in [4.69, 9.17) is 0 Å². The molecule has 4 rings (SSSR count). The maximum Gasteiger partial charge on any atom is 0.0610 e. The highest BCUT2D eigenvalue weighted by Gasteiger charge is 2.23. The summed E-state index contributed by atoms with van der Waals surface area (Å²) in [5, 5.41) is 10.7. The van der Waals surface area contributed by atoms with E-state index in [2.05, 4.69) is 72.0 Å². The minimum atomic E-state index is 0.180. The lowest BCUT2D eigenvalue weighted by Gasteiger charge is -2.33. The molecule has 0 bridgehead atoms. The maximum atomic E-state index is 9.36. The molecule has 1 aliphatic heterocycles. The zero-order valence-corrected chi connectivity index (χ0v) is 16.5. The molecule has 0 amide bonds. The zero-order valence-electron chi connectivity index (χ0n) is 16.5. The summed E-state index contributed by atoms with van der Waals surface area (Å²) in [4.78, 5) is 2.59. The Kier molecular flexibility index (Phi) is 5.33. The van der Waals surface area contributed by atoms with Gasteiger partial charge in [-0.1, -0.05) is 36.4 Å². The van der Waals surface area contributed by atoms with Gasteiger partial charge in [0.2, 0.25) is 0 Å². The van der Waals surface area contributed by atoms with Crippen LogP contribution < -0.4 is 0 Å². The summed E-state index contributed by atoms with van der Waals surface area (Å²) in [6.07, 6.45) is 4.71. The van der Waals surface area contributed by atoms with Crippen LogP contribution in [0.3, 0.4) is 0 Å². The van der Waals surface area contributed by atoms with Crippen molar-refractivity contribution in [3.63, 3.8) is 0 Å². The fourth-order valence-electron chi connectivity index (χ4n) is 4.83. The van der Waals surface area contributed by atoms with E-state index < -0.39 is 0 Å². The Morgan fingerprint density at radius 3 is 2.37 bits per heavy atom. The van der Waals surface area contributed by atoms with Crippen LogP contribution in [0.2, 0.25) is 0 Å². The predicted octanol–water partition coefficient (Wildman–Crippen LogP) is 4.63. The van der Waals surface area contributed by atoms with Crippen LogP contribution >= 0.6 is 0 Å². The fraction of sp³-hybridized carbons (Fsp3) is 0.417. The first kappa shape index (κ1) is 18.3. The van der Waals surface area contributed by atoms with E-state index in [-0.39, 0.29) is 6.61 Å². The molecule has 3 heteroatoms. The third kappa shape index (κ3) is 3.67. The molecule has 3 nitrogen and oxygen atoms in total. The van der Waals surface area contributed by atoms with E-state index in [1.165, 1.54) is 40.4 Å². The first-order chi connectivity index (χ1) is 13.2. The molecule has 27 heavy (non-hydrogen) atoms. The molecule has 1 fully saturated rings. The quantitative estimate of drug-likeness (QED) is 0.717. The molecule has 2 aromatic carbocycles. The van der Waals surface area contributed by atoms with Gasteiger partial charge in [0, 0.05) is 30.2 Å². The van der Waals surface area contributed by atoms with Gasteiger partial charge in [0.05, 0.1) is 6.61 Å². The minimum absolute atomic E-state index is 0.180. The number of rotatable bonds is 5. The summed E-state index contributed by atoms with van der Waals surface area (Å²) in [5.74, 6) is 0.693. The number of aliphatic hydroxyl groups is 1. The van der Waals surface area contributed by atoms with E-state index in [1.54, 1.807) is 5.56 Å². The number of hydrogen-bond acceptors (Lipinski definition) is 2. The van der Waals surface area contributed by atoms with Crippen LogP contribution in [-0.4, -0.2) is 34.3 Å². The number of hydrogen-bond donors (Lipinski definition) is 1. The Labute approximate surface area is 162 Å². The number of likely N-dealkylation sites (tertiary alicyclic amines) is 1. The summed E-state index contributed by atoms with van der Waals surface area (Å²) in [6.45, 7) is 8.65. The van der Waals surface area contributed by atoms with Crippen LogP contribution in [0.1, 0.15) is 41.0 Å². The van der Waals surface area contributed by atoms with Crippen molar-refractivity contribution >= 4 is 10.9 Å². The fourth-order valence-corrected chi connectivity index (χ4v) is 4.83. The van der Waals surface area contributed by atoms with Crippen molar-refractivity contribution in [3.8, 4) is 0 Å². The van der Waals surface area contributed by atoms with Gasteiger partial charge in [0.1, 0.15) is 0 Å². The van der Waals surface area contributed by atoms with Crippen molar-refractivity contribution in [1.29, 1.82) is 0 Å². The van der Waals surface area contributed by atoms with Gasteiger partial charge in [0.15, 0.2) is 0 Å². The number of para-hydroxylation sites is 1. The minimum Gasteiger partial charge on any atom is -0.395 e. The van der Waals surface area contributed by atoms with Crippen molar-refractivity contribution in [3.05, 3.63) is 70.9 Å². The average molecular weight is 363 g/mol. The van der Waals surface area contributed by atoms with Crippen molar-refractivity contribution in [2.24, 2.45) is 0 Å². The lowest BCUT2D eigenvalue weighted by atomic mass is 9.84. The largest absolute Gasteiger partial charge is 0.395 e. The van der Waals surface area contributed by atoms with E-state index in [1.807, 2.05) is 0 Å². The van der Waals surface area contributed by atoms with Crippen LogP contribution in [0.25, 0.3) is 10.9 Å². The van der Waals surface area contributed by atoms with Crippen molar-refractivity contribution in [2.45, 2.75) is 45.7 Å². The van der Waals surface area contributed by atoms with Gasteiger partial charge in [-0.15, -0.1) is 0 Å². The number of nitrogens with zero attached hydrogens (tertiary/aromatic N) is 2. The van der Waals surface area contributed by atoms with E-state index >= 15 is 0 Å². The highest BCUT2D eigenvalue weighted by molar-refractivity contribution is 5.83. The van der Waals surface area contributed by atoms with Crippen molar-refractivity contribution in [2.75, 3.05) is 19.7 Å².